The number of benzene rings is 2. The molecule has 0 radical (unpaired) electrons. The average Bonchev–Trinajstić information content (AvgIpc) is 3.40. The van der Waals surface area contributed by atoms with Crippen LogP contribution in [0.4, 0.5) is 0 Å². The van der Waals surface area contributed by atoms with E-state index in [1.54, 1.807) is 0 Å². The maximum absolute atomic E-state index is 12.9. The van der Waals surface area contributed by atoms with Gasteiger partial charge in [0.15, 0.2) is 0 Å². The molecule has 2 aromatic carbocycles. The van der Waals surface area contributed by atoms with Crippen molar-refractivity contribution in [2.45, 2.75) is 61.4 Å². The van der Waals surface area contributed by atoms with Crippen LogP contribution in [-0.4, -0.2) is 9.55 Å². The van der Waals surface area contributed by atoms with E-state index >= 15 is 0 Å². The number of hydrogen-bond donors (Lipinski definition) is 1. The van der Waals surface area contributed by atoms with Crippen LogP contribution in [0.1, 0.15) is 60.3 Å². The van der Waals surface area contributed by atoms with Crippen LogP contribution in [0.2, 0.25) is 0 Å². The van der Waals surface area contributed by atoms with E-state index in [2.05, 4.69) is 29.2 Å². The van der Waals surface area contributed by atoms with E-state index in [1.807, 2.05) is 22.8 Å². The quantitative estimate of drug-likeness (QED) is 0.396. The molecule has 1 saturated carbocycles. The Bertz CT molecular complexity index is 1080. The Kier molecular flexibility index (Phi) is 4.73. The van der Waals surface area contributed by atoms with Gasteiger partial charge in [0.2, 0.25) is 0 Å². The summed E-state index contributed by atoms with van der Waals surface area (Å²) in [6.45, 7) is 0. The number of thioether (sulfide) groups is 1. The Morgan fingerprint density at radius 1 is 1.04 bits per heavy atom. The van der Waals surface area contributed by atoms with Crippen LogP contribution in [0, 0.1) is 0 Å². The molecule has 1 fully saturated rings. The first-order chi connectivity index (χ1) is 13.7. The topological polar surface area (TPSA) is 60.9 Å². The van der Waals surface area contributed by atoms with Crippen molar-refractivity contribution in [1.82, 2.24) is 9.55 Å². The summed E-state index contributed by atoms with van der Waals surface area (Å²) in [5.41, 5.74) is 10.1. The van der Waals surface area contributed by atoms with Crippen LogP contribution in [0.5, 0.6) is 0 Å². The lowest BCUT2D eigenvalue weighted by molar-refractivity contribution is 0.471. The summed E-state index contributed by atoms with van der Waals surface area (Å²) in [6, 6.07) is 14.9. The molecule has 2 aliphatic rings. The van der Waals surface area contributed by atoms with E-state index in [0.29, 0.717) is 6.04 Å². The number of nitrogens with two attached hydrogens (primary N) is 1. The zero-order valence-corrected chi connectivity index (χ0v) is 16.8. The highest BCUT2D eigenvalue weighted by molar-refractivity contribution is 7.99. The van der Waals surface area contributed by atoms with Crippen LogP contribution in [0.3, 0.4) is 0 Å². The first-order valence-electron chi connectivity index (χ1n) is 10.3. The van der Waals surface area contributed by atoms with Crippen LogP contribution >= 0.6 is 11.8 Å². The van der Waals surface area contributed by atoms with Gasteiger partial charge in [-0.1, -0.05) is 67.1 Å². The molecule has 0 saturated heterocycles. The van der Waals surface area contributed by atoms with Gasteiger partial charge in [-0.2, -0.15) is 4.98 Å². The smallest absolute Gasteiger partial charge is 0.315 e. The number of hydrogen-bond acceptors (Lipinski definition) is 4. The number of fused-ring (bicyclic) bond motifs is 2. The van der Waals surface area contributed by atoms with Crippen molar-refractivity contribution in [2.24, 2.45) is 5.73 Å². The summed E-state index contributed by atoms with van der Waals surface area (Å²) in [5, 5.41) is 2.95. The molecule has 28 heavy (non-hydrogen) atoms. The first kappa shape index (κ1) is 18.0. The van der Waals surface area contributed by atoms with Gasteiger partial charge in [0.05, 0.1) is 5.37 Å². The van der Waals surface area contributed by atoms with Gasteiger partial charge in [0, 0.05) is 17.3 Å². The van der Waals surface area contributed by atoms with E-state index in [9.17, 15) is 4.79 Å². The maximum Gasteiger partial charge on any atom is 0.349 e. The summed E-state index contributed by atoms with van der Waals surface area (Å²) in [5.74, 6) is 0. The standard InChI is InChI=1S/C23H25N3OS/c24-21(18-12-5-8-15-7-1-4-11-17(15)18)28-22-19-13-6-14-20(19)26(23(27)25-22)16-9-2-3-10-16/h1,4-5,7-8,11-12,16,21H,2-3,6,9-10,13-14,24H2/t21-/m0/s1. The molecule has 2 aliphatic carbocycles. The number of rotatable bonds is 4. The predicted molar refractivity (Wildman–Crippen MR) is 115 cm³/mol. The van der Waals surface area contributed by atoms with E-state index in [-0.39, 0.29) is 11.1 Å². The van der Waals surface area contributed by atoms with Crippen molar-refractivity contribution in [3.8, 4) is 0 Å². The van der Waals surface area contributed by atoms with Gasteiger partial charge >= 0.3 is 5.69 Å². The van der Waals surface area contributed by atoms with Crippen molar-refractivity contribution in [2.75, 3.05) is 0 Å². The minimum absolute atomic E-state index is 0.0832. The lowest BCUT2D eigenvalue weighted by Gasteiger charge is -2.21. The van der Waals surface area contributed by atoms with E-state index in [4.69, 9.17) is 5.73 Å². The summed E-state index contributed by atoms with van der Waals surface area (Å²) in [4.78, 5) is 17.4. The second-order valence-corrected chi connectivity index (χ2v) is 9.02. The molecule has 1 aromatic heterocycles. The van der Waals surface area contributed by atoms with Crippen molar-refractivity contribution in [1.29, 1.82) is 0 Å². The van der Waals surface area contributed by atoms with Crippen molar-refractivity contribution >= 4 is 22.5 Å². The molecule has 4 nitrogen and oxygen atoms in total. The Morgan fingerprint density at radius 2 is 1.82 bits per heavy atom. The molecular weight excluding hydrogens is 366 g/mol. The molecule has 5 rings (SSSR count). The Hall–Kier alpha value is -2.11. The highest BCUT2D eigenvalue weighted by Crippen LogP contribution is 2.39. The Labute approximate surface area is 169 Å². The monoisotopic (exact) mass is 391 g/mol. The van der Waals surface area contributed by atoms with Crippen LogP contribution in [0.15, 0.2) is 52.3 Å². The summed E-state index contributed by atoms with van der Waals surface area (Å²) < 4.78 is 2.02. The fourth-order valence-corrected chi connectivity index (χ4v) is 5.93. The summed E-state index contributed by atoms with van der Waals surface area (Å²) in [6.07, 6.45) is 7.74. The van der Waals surface area contributed by atoms with E-state index < -0.39 is 0 Å². The summed E-state index contributed by atoms with van der Waals surface area (Å²) >= 11 is 1.54. The summed E-state index contributed by atoms with van der Waals surface area (Å²) in [7, 11) is 0. The highest BCUT2D eigenvalue weighted by atomic mass is 32.2. The van der Waals surface area contributed by atoms with Crippen LogP contribution in [0.25, 0.3) is 10.8 Å². The fourth-order valence-electron chi connectivity index (χ4n) is 4.87. The minimum atomic E-state index is -0.245. The zero-order chi connectivity index (χ0) is 19.1. The van der Waals surface area contributed by atoms with Gasteiger partial charge in [-0.05, 0) is 48.4 Å². The van der Waals surface area contributed by atoms with Gasteiger partial charge in [-0.25, -0.2) is 4.79 Å². The molecule has 0 bridgehead atoms. The highest BCUT2D eigenvalue weighted by Gasteiger charge is 2.28. The normalized spacial score (nSPS) is 17.9. The first-order valence-corrected chi connectivity index (χ1v) is 11.1. The molecule has 0 aliphatic heterocycles. The molecule has 3 aromatic rings. The van der Waals surface area contributed by atoms with Crippen molar-refractivity contribution < 1.29 is 0 Å². The van der Waals surface area contributed by atoms with Gasteiger partial charge in [0.1, 0.15) is 5.03 Å². The van der Waals surface area contributed by atoms with Crippen LogP contribution < -0.4 is 11.4 Å². The lowest BCUT2D eigenvalue weighted by atomic mass is 10.0. The largest absolute Gasteiger partial charge is 0.349 e. The Balaban J connectivity index is 1.53. The number of nitrogens with zero attached hydrogens (tertiary/aromatic N) is 2. The van der Waals surface area contributed by atoms with Gasteiger partial charge in [0.25, 0.3) is 0 Å². The molecule has 1 atom stereocenters. The third kappa shape index (κ3) is 3.07. The third-order valence-corrected chi connectivity index (χ3v) is 7.27. The van der Waals surface area contributed by atoms with Crippen molar-refractivity contribution in [3.63, 3.8) is 0 Å². The molecule has 0 amide bonds. The predicted octanol–water partition coefficient (Wildman–Crippen LogP) is 4.75. The molecule has 5 heteroatoms. The van der Waals surface area contributed by atoms with E-state index in [1.165, 1.54) is 46.6 Å². The molecule has 2 N–H and O–H groups in total. The molecule has 144 valence electrons. The molecule has 0 spiro atoms. The molecular formula is C23H25N3OS. The number of aromatic nitrogens is 2. The second kappa shape index (κ2) is 7.37. The Morgan fingerprint density at radius 3 is 2.68 bits per heavy atom. The fraction of sp³-hybridized carbons (Fsp3) is 0.391. The third-order valence-electron chi connectivity index (χ3n) is 6.20. The van der Waals surface area contributed by atoms with Gasteiger partial charge < -0.3 is 5.73 Å². The molecule has 0 unspecified atom stereocenters. The molecule has 1 heterocycles. The van der Waals surface area contributed by atoms with Crippen molar-refractivity contribution in [3.05, 3.63) is 69.8 Å². The van der Waals surface area contributed by atoms with Gasteiger partial charge in [-0.15, -0.1) is 0 Å². The second-order valence-electron chi connectivity index (χ2n) is 7.89. The minimum Gasteiger partial charge on any atom is -0.315 e. The SMILES string of the molecule is N[C@@H](Sc1nc(=O)n(C2CCCC2)c2c1CCC2)c1cccc2ccccc12. The average molecular weight is 392 g/mol. The van der Waals surface area contributed by atoms with E-state index in [0.717, 1.165) is 42.7 Å². The van der Waals surface area contributed by atoms with Gasteiger partial charge in [-0.3, -0.25) is 4.57 Å². The zero-order valence-electron chi connectivity index (χ0n) is 15.9. The maximum atomic E-state index is 12.9. The van der Waals surface area contributed by atoms with Crippen LogP contribution in [-0.2, 0) is 12.8 Å². The lowest BCUT2D eigenvalue weighted by Crippen LogP contribution is -2.30.